The van der Waals surface area contributed by atoms with Crippen LogP contribution in [0.5, 0.6) is 5.75 Å². The first kappa shape index (κ1) is 12.1. The Morgan fingerprint density at radius 3 is 2.56 bits per heavy atom. The number of methoxy groups -OCH3 is 1. The van der Waals surface area contributed by atoms with E-state index in [0.717, 1.165) is 11.4 Å². The molecule has 1 aromatic heterocycles. The highest BCUT2D eigenvalue weighted by Gasteiger charge is 2.05. The molecule has 0 radical (unpaired) electrons. The number of tetrazole rings is 1. The standard InChI is InChI=1S/C12H15N5O/c1-16(2)9-8-12-13-14-15-17(12)10-4-6-11(18-3)7-5-10/h4-9H,1-3H3/b9-8+. The van der Waals surface area contributed by atoms with E-state index in [-0.39, 0.29) is 0 Å². The minimum absolute atomic E-state index is 0.675. The van der Waals surface area contributed by atoms with Gasteiger partial charge in [0.2, 0.25) is 0 Å². The number of hydrogen-bond acceptors (Lipinski definition) is 5. The number of hydrogen-bond donors (Lipinski definition) is 0. The molecule has 94 valence electrons. The summed E-state index contributed by atoms with van der Waals surface area (Å²) in [7, 11) is 5.52. The zero-order valence-corrected chi connectivity index (χ0v) is 10.6. The zero-order valence-electron chi connectivity index (χ0n) is 10.6. The predicted molar refractivity (Wildman–Crippen MR) is 68.4 cm³/mol. The molecule has 2 rings (SSSR count). The second-order valence-corrected chi connectivity index (χ2v) is 3.93. The molecular weight excluding hydrogens is 230 g/mol. The van der Waals surface area contributed by atoms with Gasteiger partial charge in [-0.25, -0.2) is 0 Å². The van der Waals surface area contributed by atoms with Crippen LogP contribution in [0.1, 0.15) is 5.82 Å². The number of benzene rings is 1. The van der Waals surface area contributed by atoms with Crippen molar-refractivity contribution in [3.8, 4) is 11.4 Å². The molecule has 0 aliphatic rings. The third-order valence-corrected chi connectivity index (χ3v) is 2.33. The summed E-state index contributed by atoms with van der Waals surface area (Å²) in [6.07, 6.45) is 3.75. The maximum atomic E-state index is 5.11. The summed E-state index contributed by atoms with van der Waals surface area (Å²) in [5.74, 6) is 1.48. The molecule has 2 aromatic rings. The van der Waals surface area contributed by atoms with Crippen molar-refractivity contribution in [2.45, 2.75) is 0 Å². The summed E-state index contributed by atoms with van der Waals surface area (Å²) in [4.78, 5) is 1.92. The Kier molecular flexibility index (Phi) is 3.57. The van der Waals surface area contributed by atoms with Gasteiger partial charge in [0.15, 0.2) is 5.82 Å². The molecule has 0 aliphatic heterocycles. The van der Waals surface area contributed by atoms with Gasteiger partial charge >= 0.3 is 0 Å². The quantitative estimate of drug-likeness (QED) is 0.810. The molecule has 0 spiro atoms. The van der Waals surface area contributed by atoms with Gasteiger partial charge in [0, 0.05) is 26.4 Å². The molecule has 1 heterocycles. The lowest BCUT2D eigenvalue weighted by atomic mass is 10.3. The number of ether oxygens (including phenoxy) is 1. The average molecular weight is 245 g/mol. The van der Waals surface area contributed by atoms with Crippen molar-refractivity contribution in [2.75, 3.05) is 21.2 Å². The Morgan fingerprint density at radius 2 is 1.94 bits per heavy atom. The van der Waals surface area contributed by atoms with Crippen LogP contribution in [-0.4, -0.2) is 46.3 Å². The summed E-state index contributed by atoms with van der Waals surface area (Å²) in [6.45, 7) is 0. The largest absolute Gasteiger partial charge is 0.497 e. The molecule has 0 fully saturated rings. The average Bonchev–Trinajstić information content (AvgIpc) is 2.85. The molecule has 18 heavy (non-hydrogen) atoms. The van der Waals surface area contributed by atoms with Gasteiger partial charge in [0.05, 0.1) is 12.8 Å². The topological polar surface area (TPSA) is 56.1 Å². The molecule has 0 amide bonds. The van der Waals surface area contributed by atoms with E-state index in [1.165, 1.54) is 0 Å². The Bertz CT molecular complexity index is 530. The van der Waals surface area contributed by atoms with Gasteiger partial charge in [0.1, 0.15) is 5.75 Å². The highest BCUT2D eigenvalue weighted by molar-refractivity contribution is 5.45. The van der Waals surface area contributed by atoms with Gasteiger partial charge in [0.25, 0.3) is 0 Å². The van der Waals surface area contributed by atoms with Crippen molar-refractivity contribution in [2.24, 2.45) is 0 Å². The first-order valence-electron chi connectivity index (χ1n) is 5.48. The molecule has 0 aliphatic carbocycles. The van der Waals surface area contributed by atoms with Crippen LogP contribution in [0.15, 0.2) is 30.5 Å². The minimum atomic E-state index is 0.675. The second kappa shape index (κ2) is 5.31. The molecule has 6 nitrogen and oxygen atoms in total. The van der Waals surface area contributed by atoms with Crippen LogP contribution in [0, 0.1) is 0 Å². The summed E-state index contributed by atoms with van der Waals surface area (Å²) in [5.41, 5.74) is 0.888. The summed E-state index contributed by atoms with van der Waals surface area (Å²) >= 11 is 0. The Morgan fingerprint density at radius 1 is 1.22 bits per heavy atom. The molecule has 0 N–H and O–H groups in total. The summed E-state index contributed by atoms with van der Waals surface area (Å²) in [6, 6.07) is 7.55. The van der Waals surface area contributed by atoms with E-state index in [0.29, 0.717) is 5.82 Å². The van der Waals surface area contributed by atoms with Crippen LogP contribution in [0.4, 0.5) is 0 Å². The normalized spacial score (nSPS) is 10.8. The SMILES string of the molecule is COc1ccc(-n2nnnc2/C=C/N(C)C)cc1. The fraction of sp³-hybridized carbons (Fsp3) is 0.250. The molecule has 0 unspecified atom stereocenters. The lowest BCUT2D eigenvalue weighted by Gasteiger charge is -2.05. The predicted octanol–water partition coefficient (Wildman–Crippen LogP) is 1.20. The summed E-state index contributed by atoms with van der Waals surface area (Å²) in [5, 5.41) is 11.6. The molecular formula is C12H15N5O. The Labute approximate surface area is 105 Å². The lowest BCUT2D eigenvalue weighted by molar-refractivity contribution is 0.414. The maximum absolute atomic E-state index is 5.11. The number of rotatable bonds is 4. The van der Waals surface area contributed by atoms with E-state index in [4.69, 9.17) is 4.74 Å². The van der Waals surface area contributed by atoms with E-state index in [9.17, 15) is 0 Å². The third kappa shape index (κ3) is 2.65. The van der Waals surface area contributed by atoms with E-state index >= 15 is 0 Å². The zero-order chi connectivity index (χ0) is 13.0. The molecule has 1 aromatic carbocycles. The van der Waals surface area contributed by atoms with Crippen LogP contribution >= 0.6 is 0 Å². The lowest BCUT2D eigenvalue weighted by Crippen LogP contribution is -2.03. The van der Waals surface area contributed by atoms with E-state index in [1.807, 2.05) is 55.5 Å². The van der Waals surface area contributed by atoms with Gasteiger partial charge in [-0.3, -0.25) is 0 Å². The maximum Gasteiger partial charge on any atom is 0.181 e. The van der Waals surface area contributed by atoms with Crippen LogP contribution in [0.3, 0.4) is 0 Å². The highest BCUT2D eigenvalue weighted by Crippen LogP contribution is 2.15. The minimum Gasteiger partial charge on any atom is -0.497 e. The van der Waals surface area contributed by atoms with E-state index < -0.39 is 0 Å². The van der Waals surface area contributed by atoms with Gasteiger partial charge in [-0.15, -0.1) is 5.10 Å². The van der Waals surface area contributed by atoms with Gasteiger partial charge in [-0.1, -0.05) is 0 Å². The molecule has 0 saturated heterocycles. The fourth-order valence-electron chi connectivity index (χ4n) is 1.42. The number of aromatic nitrogens is 4. The smallest absolute Gasteiger partial charge is 0.181 e. The Hall–Kier alpha value is -2.37. The Balaban J connectivity index is 2.30. The molecule has 0 bridgehead atoms. The van der Waals surface area contributed by atoms with Crippen molar-refractivity contribution in [1.82, 2.24) is 25.1 Å². The van der Waals surface area contributed by atoms with Crippen molar-refractivity contribution in [3.63, 3.8) is 0 Å². The van der Waals surface area contributed by atoms with E-state index in [1.54, 1.807) is 11.8 Å². The first-order valence-corrected chi connectivity index (χ1v) is 5.48. The monoisotopic (exact) mass is 245 g/mol. The third-order valence-electron chi connectivity index (χ3n) is 2.33. The first-order chi connectivity index (χ1) is 8.70. The summed E-state index contributed by atoms with van der Waals surface area (Å²) < 4.78 is 6.78. The van der Waals surface area contributed by atoms with Crippen LogP contribution in [-0.2, 0) is 0 Å². The van der Waals surface area contributed by atoms with Crippen molar-refractivity contribution < 1.29 is 4.74 Å². The molecule has 0 atom stereocenters. The molecule has 0 saturated carbocycles. The van der Waals surface area contributed by atoms with Gasteiger partial charge in [-0.05, 0) is 34.7 Å². The van der Waals surface area contributed by atoms with E-state index in [2.05, 4.69) is 15.5 Å². The second-order valence-electron chi connectivity index (χ2n) is 3.93. The number of nitrogens with zero attached hydrogens (tertiary/aromatic N) is 5. The van der Waals surface area contributed by atoms with Gasteiger partial charge < -0.3 is 9.64 Å². The van der Waals surface area contributed by atoms with Crippen LogP contribution < -0.4 is 4.74 Å². The van der Waals surface area contributed by atoms with Crippen molar-refractivity contribution >= 4 is 6.08 Å². The highest BCUT2D eigenvalue weighted by atomic mass is 16.5. The molecule has 6 heteroatoms. The van der Waals surface area contributed by atoms with Crippen molar-refractivity contribution in [3.05, 3.63) is 36.3 Å². The fourth-order valence-corrected chi connectivity index (χ4v) is 1.42. The van der Waals surface area contributed by atoms with Gasteiger partial charge in [-0.2, -0.15) is 4.68 Å². The van der Waals surface area contributed by atoms with Crippen molar-refractivity contribution in [1.29, 1.82) is 0 Å². The van der Waals surface area contributed by atoms with Crippen LogP contribution in [0.25, 0.3) is 11.8 Å². The van der Waals surface area contributed by atoms with Crippen LogP contribution in [0.2, 0.25) is 0 Å².